The van der Waals surface area contributed by atoms with Gasteiger partial charge in [-0.15, -0.1) is 0 Å². The van der Waals surface area contributed by atoms with E-state index < -0.39 is 5.60 Å². The molecule has 6 nitrogen and oxygen atoms in total. The van der Waals surface area contributed by atoms with Crippen LogP contribution in [-0.2, 0) is 10.3 Å². The number of aromatic amines is 1. The van der Waals surface area contributed by atoms with Crippen molar-refractivity contribution in [3.05, 3.63) is 53.1 Å². The molecule has 2 aromatic rings. The maximum absolute atomic E-state index is 12.9. The van der Waals surface area contributed by atoms with Crippen molar-refractivity contribution in [1.82, 2.24) is 9.97 Å². The molecule has 2 saturated heterocycles. The molecule has 1 amide bonds. The van der Waals surface area contributed by atoms with E-state index in [9.17, 15) is 9.90 Å². The van der Waals surface area contributed by atoms with Crippen molar-refractivity contribution in [2.45, 2.75) is 84.5 Å². The highest BCUT2D eigenvalue weighted by atomic mass is 16.5. The number of rotatable bonds is 4. The molecule has 1 aromatic carbocycles. The fourth-order valence-electron chi connectivity index (χ4n) is 6.13. The molecule has 2 fully saturated rings. The number of amides is 1. The summed E-state index contributed by atoms with van der Waals surface area (Å²) in [4.78, 5) is 20.1. The number of aromatic nitrogens is 2. The number of benzene rings is 1. The van der Waals surface area contributed by atoms with E-state index in [1.165, 1.54) is 5.57 Å². The maximum atomic E-state index is 12.9. The smallest absolute Gasteiger partial charge is 0.291 e. The molecular weight excluding hydrogens is 426 g/mol. The molecule has 182 valence electrons. The molecular formula is C28H37N3O3. The first-order valence-corrected chi connectivity index (χ1v) is 12.6. The summed E-state index contributed by atoms with van der Waals surface area (Å²) in [5, 5.41) is 15.2. The Morgan fingerprint density at radius 1 is 1.21 bits per heavy atom. The van der Waals surface area contributed by atoms with Gasteiger partial charge in [0, 0.05) is 35.0 Å². The first kappa shape index (κ1) is 23.3. The van der Waals surface area contributed by atoms with Crippen molar-refractivity contribution < 1.29 is 14.6 Å². The number of nitrogens with zero attached hydrogens (tertiary/aromatic N) is 1. The first-order valence-electron chi connectivity index (χ1n) is 12.6. The number of aliphatic hydroxyl groups is 1. The van der Waals surface area contributed by atoms with Crippen LogP contribution in [0.15, 0.2) is 30.5 Å². The Bertz CT molecular complexity index is 1120. The van der Waals surface area contributed by atoms with Gasteiger partial charge in [0.2, 0.25) is 0 Å². The van der Waals surface area contributed by atoms with Crippen molar-refractivity contribution >= 4 is 17.2 Å². The summed E-state index contributed by atoms with van der Waals surface area (Å²) in [6.45, 7) is 10.7. The lowest BCUT2D eigenvalue weighted by molar-refractivity contribution is -0.194. The van der Waals surface area contributed by atoms with E-state index in [1.54, 1.807) is 6.20 Å². The Hall–Kier alpha value is -2.44. The molecule has 3 aliphatic rings. The molecule has 1 aromatic heterocycles. The molecule has 0 spiro atoms. The first-order chi connectivity index (χ1) is 16.1. The van der Waals surface area contributed by atoms with Gasteiger partial charge in [0.1, 0.15) is 0 Å². The highest BCUT2D eigenvalue weighted by Gasteiger charge is 2.55. The number of ether oxygens (including phenoxy) is 1. The van der Waals surface area contributed by atoms with Gasteiger partial charge < -0.3 is 20.1 Å². The Balaban J connectivity index is 1.55. The van der Waals surface area contributed by atoms with E-state index in [-0.39, 0.29) is 35.4 Å². The number of hydrogen-bond donors (Lipinski definition) is 3. The molecule has 3 N–H and O–H groups in total. The van der Waals surface area contributed by atoms with Crippen molar-refractivity contribution in [3.63, 3.8) is 0 Å². The van der Waals surface area contributed by atoms with Gasteiger partial charge >= 0.3 is 0 Å². The molecule has 2 aliphatic heterocycles. The number of hydrogen-bond acceptors (Lipinski definition) is 4. The Morgan fingerprint density at radius 3 is 2.50 bits per heavy atom. The summed E-state index contributed by atoms with van der Waals surface area (Å²) in [6, 6.07) is 6.05. The van der Waals surface area contributed by atoms with Crippen LogP contribution < -0.4 is 5.32 Å². The van der Waals surface area contributed by atoms with Crippen molar-refractivity contribution in [1.29, 1.82) is 0 Å². The Morgan fingerprint density at radius 2 is 1.91 bits per heavy atom. The van der Waals surface area contributed by atoms with Crippen LogP contribution in [-0.4, -0.2) is 33.2 Å². The zero-order valence-corrected chi connectivity index (χ0v) is 20.9. The average molecular weight is 464 g/mol. The quantitative estimate of drug-likeness (QED) is 0.552. The second kappa shape index (κ2) is 8.35. The summed E-state index contributed by atoms with van der Waals surface area (Å²) >= 11 is 0. The van der Waals surface area contributed by atoms with E-state index in [1.807, 2.05) is 19.1 Å². The van der Waals surface area contributed by atoms with E-state index in [4.69, 9.17) is 4.74 Å². The number of allylic oxidation sites excluding steroid dienone is 2. The summed E-state index contributed by atoms with van der Waals surface area (Å²) < 4.78 is 6.20. The topological polar surface area (TPSA) is 87.2 Å². The van der Waals surface area contributed by atoms with Gasteiger partial charge in [0.15, 0.2) is 5.82 Å². The lowest BCUT2D eigenvalue weighted by atomic mass is 9.69. The lowest BCUT2D eigenvalue weighted by Gasteiger charge is -2.47. The number of nitrogens with one attached hydrogen (secondary N) is 2. The van der Waals surface area contributed by atoms with Gasteiger partial charge in [-0.2, -0.15) is 0 Å². The Labute approximate surface area is 202 Å². The minimum absolute atomic E-state index is 0.0000890. The van der Waals surface area contributed by atoms with E-state index >= 15 is 0 Å². The fraction of sp³-hybridized carbons (Fsp3) is 0.571. The summed E-state index contributed by atoms with van der Waals surface area (Å²) in [5.74, 6) is 0.0383. The van der Waals surface area contributed by atoms with Gasteiger partial charge in [-0.3, -0.25) is 4.79 Å². The third kappa shape index (κ3) is 3.91. The summed E-state index contributed by atoms with van der Waals surface area (Å²) in [7, 11) is 0. The van der Waals surface area contributed by atoms with Gasteiger partial charge in [0.25, 0.3) is 5.91 Å². The van der Waals surface area contributed by atoms with Crippen LogP contribution in [0, 0.1) is 24.2 Å². The number of anilines is 1. The van der Waals surface area contributed by atoms with Crippen LogP contribution in [0.3, 0.4) is 0 Å². The molecule has 0 radical (unpaired) electrons. The maximum Gasteiger partial charge on any atom is 0.291 e. The van der Waals surface area contributed by atoms with Crippen molar-refractivity contribution in [2.24, 2.45) is 17.3 Å². The number of carbonyl (C=O) groups excluding carboxylic acids is 1. The second-order valence-electron chi connectivity index (χ2n) is 11.4. The van der Waals surface area contributed by atoms with Gasteiger partial charge in [-0.1, -0.05) is 39.8 Å². The third-order valence-corrected chi connectivity index (χ3v) is 8.56. The molecule has 0 saturated carbocycles. The lowest BCUT2D eigenvalue weighted by Crippen LogP contribution is -2.52. The number of carbonyl (C=O) groups is 1. The minimum atomic E-state index is -0.964. The SMILES string of the molecule is Cc1cnc(C(=O)Nc2ccc(C3(O)[C@H](C)C4CC[C@@H](O4)[C@@H]3C)cc2C2=CCC(C)(C)CC2)[nH]1. The van der Waals surface area contributed by atoms with Crippen molar-refractivity contribution in [2.75, 3.05) is 5.32 Å². The highest BCUT2D eigenvalue weighted by Crippen LogP contribution is 2.52. The standard InChI is InChI=1S/C28H37N3O3/c1-16-15-29-25(30-16)26(32)31-22-7-6-20(14-21(22)19-10-12-27(4,5)13-11-19)28(33)17(2)23-8-9-24(34-23)18(28)3/h6-7,10,14-15,17-18,23-24,33H,8-9,11-13H2,1-5H3,(H,29,30)(H,31,32)/t17-,18+,23+,24?,28?/m0/s1. The zero-order chi connectivity index (χ0) is 24.3. The van der Waals surface area contributed by atoms with Crippen LogP contribution in [0.25, 0.3) is 5.57 Å². The molecule has 34 heavy (non-hydrogen) atoms. The van der Waals surface area contributed by atoms with Gasteiger partial charge in [-0.25, -0.2) is 4.98 Å². The Kier molecular flexibility index (Phi) is 5.72. The summed E-state index contributed by atoms with van der Waals surface area (Å²) in [6.07, 6.45) is 9.16. The highest BCUT2D eigenvalue weighted by molar-refractivity contribution is 6.03. The number of fused-ring (bicyclic) bond motifs is 2. The van der Waals surface area contributed by atoms with E-state index in [2.05, 4.69) is 55.1 Å². The monoisotopic (exact) mass is 463 g/mol. The second-order valence-corrected chi connectivity index (χ2v) is 11.4. The van der Waals surface area contributed by atoms with Crippen molar-refractivity contribution in [3.8, 4) is 0 Å². The van der Waals surface area contributed by atoms with Crippen LogP contribution in [0.5, 0.6) is 0 Å². The van der Waals surface area contributed by atoms with Crippen LogP contribution in [0.2, 0.25) is 0 Å². The molecule has 1 aliphatic carbocycles. The molecule has 2 unspecified atom stereocenters. The molecule has 5 rings (SSSR count). The van der Waals surface area contributed by atoms with Gasteiger partial charge in [-0.05, 0) is 67.7 Å². The predicted octanol–water partition coefficient (Wildman–Crippen LogP) is 5.58. The average Bonchev–Trinajstić information content (AvgIpc) is 3.45. The largest absolute Gasteiger partial charge is 0.384 e. The number of H-pyrrole nitrogens is 1. The van der Waals surface area contributed by atoms with Gasteiger partial charge in [0.05, 0.1) is 17.8 Å². The molecule has 5 atom stereocenters. The van der Waals surface area contributed by atoms with Crippen LogP contribution in [0.1, 0.15) is 87.2 Å². The van der Waals surface area contributed by atoms with Crippen LogP contribution in [0.4, 0.5) is 5.69 Å². The normalized spacial score (nSPS) is 32.4. The number of aryl methyl sites for hydroxylation is 1. The molecule has 2 bridgehead atoms. The number of imidazole rings is 1. The summed E-state index contributed by atoms with van der Waals surface area (Å²) in [5.41, 5.74) is 4.05. The third-order valence-electron chi connectivity index (χ3n) is 8.56. The van der Waals surface area contributed by atoms with E-state index in [0.717, 1.165) is 54.6 Å². The minimum Gasteiger partial charge on any atom is -0.384 e. The predicted molar refractivity (Wildman–Crippen MR) is 133 cm³/mol. The zero-order valence-electron chi connectivity index (χ0n) is 20.9. The van der Waals surface area contributed by atoms with Crippen LogP contribution >= 0.6 is 0 Å². The molecule has 6 heteroatoms. The molecule has 3 heterocycles. The van der Waals surface area contributed by atoms with E-state index in [0.29, 0.717) is 5.82 Å². The fourth-order valence-corrected chi connectivity index (χ4v) is 6.13.